The third-order valence-corrected chi connectivity index (χ3v) is 3.12. The SMILES string of the molecule is O=C(NC1(C(=O)O)CCC1)c1ccoc1Cl. The van der Waals surface area contributed by atoms with E-state index in [1.165, 1.54) is 12.3 Å². The van der Waals surface area contributed by atoms with Crippen molar-refractivity contribution in [3.63, 3.8) is 0 Å². The van der Waals surface area contributed by atoms with Gasteiger partial charge in [0.15, 0.2) is 0 Å². The zero-order valence-corrected chi connectivity index (χ0v) is 9.08. The molecule has 0 radical (unpaired) electrons. The second-order valence-electron chi connectivity index (χ2n) is 3.80. The number of rotatable bonds is 3. The van der Waals surface area contributed by atoms with Gasteiger partial charge in [-0.15, -0.1) is 0 Å². The maximum absolute atomic E-state index is 11.7. The number of aliphatic carboxylic acids is 1. The van der Waals surface area contributed by atoms with E-state index in [0.29, 0.717) is 12.8 Å². The third kappa shape index (κ3) is 1.67. The Labute approximate surface area is 96.4 Å². The fourth-order valence-corrected chi connectivity index (χ4v) is 1.86. The van der Waals surface area contributed by atoms with Crippen LogP contribution in [-0.4, -0.2) is 22.5 Å². The maximum Gasteiger partial charge on any atom is 0.329 e. The van der Waals surface area contributed by atoms with Gasteiger partial charge >= 0.3 is 5.97 Å². The van der Waals surface area contributed by atoms with Gasteiger partial charge in [-0.25, -0.2) is 4.79 Å². The molecular weight excluding hydrogens is 234 g/mol. The predicted octanol–water partition coefficient (Wildman–Crippen LogP) is 1.67. The Kier molecular flexibility index (Phi) is 2.63. The van der Waals surface area contributed by atoms with Crippen molar-refractivity contribution in [2.75, 3.05) is 0 Å². The van der Waals surface area contributed by atoms with E-state index in [9.17, 15) is 9.59 Å². The first-order chi connectivity index (χ1) is 7.55. The van der Waals surface area contributed by atoms with Crippen molar-refractivity contribution in [1.29, 1.82) is 0 Å². The molecule has 0 atom stereocenters. The summed E-state index contributed by atoms with van der Waals surface area (Å²) in [5.41, 5.74) is -0.966. The first-order valence-corrected chi connectivity index (χ1v) is 5.22. The molecule has 0 aliphatic heterocycles. The Morgan fingerprint density at radius 3 is 2.56 bits per heavy atom. The van der Waals surface area contributed by atoms with Crippen LogP contribution in [0.15, 0.2) is 16.7 Å². The van der Waals surface area contributed by atoms with Gasteiger partial charge in [0, 0.05) is 0 Å². The third-order valence-electron chi connectivity index (χ3n) is 2.83. The Morgan fingerprint density at radius 2 is 2.19 bits per heavy atom. The number of amides is 1. The lowest BCUT2D eigenvalue weighted by atomic mass is 9.76. The summed E-state index contributed by atoms with van der Waals surface area (Å²) in [6.45, 7) is 0. The van der Waals surface area contributed by atoms with Crippen LogP contribution >= 0.6 is 11.6 Å². The molecule has 1 fully saturated rings. The molecule has 86 valence electrons. The summed E-state index contributed by atoms with van der Waals surface area (Å²) in [7, 11) is 0. The topological polar surface area (TPSA) is 79.5 Å². The minimum absolute atomic E-state index is 0.0302. The molecule has 1 aromatic rings. The molecule has 0 saturated heterocycles. The van der Waals surface area contributed by atoms with Crippen LogP contribution in [0.1, 0.15) is 29.6 Å². The highest BCUT2D eigenvalue weighted by molar-refractivity contribution is 6.32. The smallest absolute Gasteiger partial charge is 0.329 e. The van der Waals surface area contributed by atoms with Gasteiger partial charge in [-0.2, -0.15) is 0 Å². The van der Waals surface area contributed by atoms with Crippen molar-refractivity contribution < 1.29 is 19.1 Å². The van der Waals surface area contributed by atoms with Gasteiger partial charge < -0.3 is 14.8 Å². The van der Waals surface area contributed by atoms with E-state index >= 15 is 0 Å². The summed E-state index contributed by atoms with van der Waals surface area (Å²) in [4.78, 5) is 22.7. The zero-order valence-electron chi connectivity index (χ0n) is 8.33. The number of hydrogen-bond acceptors (Lipinski definition) is 3. The van der Waals surface area contributed by atoms with Crippen molar-refractivity contribution in [2.24, 2.45) is 0 Å². The van der Waals surface area contributed by atoms with Gasteiger partial charge in [0.1, 0.15) is 5.54 Å². The van der Waals surface area contributed by atoms with Crippen LogP contribution in [0.3, 0.4) is 0 Å². The molecule has 0 aromatic carbocycles. The van der Waals surface area contributed by atoms with Gasteiger partial charge in [0.05, 0.1) is 11.8 Å². The Balaban J connectivity index is 2.13. The zero-order chi connectivity index (χ0) is 11.8. The lowest BCUT2D eigenvalue weighted by Crippen LogP contribution is -2.59. The summed E-state index contributed by atoms with van der Waals surface area (Å²) in [5.74, 6) is -1.52. The van der Waals surface area contributed by atoms with Crippen molar-refractivity contribution in [2.45, 2.75) is 24.8 Å². The van der Waals surface area contributed by atoms with Gasteiger partial charge in [-0.1, -0.05) is 0 Å². The van der Waals surface area contributed by atoms with Gasteiger partial charge in [0.2, 0.25) is 5.22 Å². The highest BCUT2D eigenvalue weighted by atomic mass is 35.5. The number of carbonyl (C=O) groups is 2. The number of furan rings is 1. The molecule has 0 spiro atoms. The molecule has 1 aliphatic carbocycles. The van der Waals surface area contributed by atoms with Crippen LogP contribution in [0, 0.1) is 0 Å². The standard InChI is InChI=1S/C10H10ClNO4/c11-7-6(2-5-16-7)8(13)12-10(9(14)15)3-1-4-10/h2,5H,1,3-4H2,(H,12,13)(H,14,15). The molecule has 1 aromatic heterocycles. The molecule has 5 nitrogen and oxygen atoms in total. The molecule has 2 N–H and O–H groups in total. The molecule has 1 heterocycles. The van der Waals surface area contributed by atoms with E-state index in [1.54, 1.807) is 0 Å². The lowest BCUT2D eigenvalue weighted by Gasteiger charge is -2.38. The summed E-state index contributed by atoms with van der Waals surface area (Å²) in [5, 5.41) is 11.5. The van der Waals surface area contributed by atoms with E-state index in [-0.39, 0.29) is 10.8 Å². The van der Waals surface area contributed by atoms with E-state index in [0.717, 1.165) is 6.42 Å². The van der Waals surface area contributed by atoms with E-state index in [4.69, 9.17) is 21.1 Å². The summed E-state index contributed by atoms with van der Waals surface area (Å²) >= 11 is 5.63. The fraction of sp³-hybridized carbons (Fsp3) is 0.400. The highest BCUT2D eigenvalue weighted by Gasteiger charge is 2.46. The fourth-order valence-electron chi connectivity index (χ4n) is 1.66. The van der Waals surface area contributed by atoms with Crippen LogP contribution in [0.4, 0.5) is 0 Å². The minimum atomic E-state index is -1.13. The number of carboxylic acid groups (broad SMARTS) is 1. The molecule has 0 bridgehead atoms. The molecule has 16 heavy (non-hydrogen) atoms. The molecule has 1 amide bonds. The maximum atomic E-state index is 11.7. The highest BCUT2D eigenvalue weighted by Crippen LogP contribution is 2.32. The number of carbonyl (C=O) groups excluding carboxylic acids is 1. The number of hydrogen-bond donors (Lipinski definition) is 2. The average Bonchev–Trinajstić information content (AvgIpc) is 2.57. The monoisotopic (exact) mass is 243 g/mol. The molecule has 1 aliphatic rings. The number of nitrogens with one attached hydrogen (secondary N) is 1. The van der Waals surface area contributed by atoms with Gasteiger partial charge in [-0.3, -0.25) is 4.79 Å². The summed E-state index contributed by atoms with van der Waals surface area (Å²) in [6.07, 6.45) is 2.98. The van der Waals surface area contributed by atoms with Crippen molar-refractivity contribution >= 4 is 23.5 Å². The van der Waals surface area contributed by atoms with Crippen LogP contribution in [0.2, 0.25) is 5.22 Å². The van der Waals surface area contributed by atoms with Crippen LogP contribution in [-0.2, 0) is 4.79 Å². The predicted molar refractivity (Wildman–Crippen MR) is 55.4 cm³/mol. The molecule has 1 saturated carbocycles. The van der Waals surface area contributed by atoms with Crippen molar-refractivity contribution in [3.05, 3.63) is 23.1 Å². The van der Waals surface area contributed by atoms with Gasteiger partial charge in [0.25, 0.3) is 5.91 Å². The van der Waals surface area contributed by atoms with E-state index in [2.05, 4.69) is 5.32 Å². The Morgan fingerprint density at radius 1 is 1.50 bits per heavy atom. The normalized spacial score (nSPS) is 17.6. The minimum Gasteiger partial charge on any atom is -0.480 e. The Hall–Kier alpha value is -1.49. The number of carboxylic acids is 1. The van der Waals surface area contributed by atoms with Crippen molar-refractivity contribution in [1.82, 2.24) is 5.32 Å². The molecule has 6 heteroatoms. The summed E-state index contributed by atoms with van der Waals surface area (Å²) < 4.78 is 4.77. The first kappa shape index (κ1) is 11.0. The summed E-state index contributed by atoms with van der Waals surface area (Å²) in [6, 6.07) is 1.41. The van der Waals surface area contributed by atoms with E-state index in [1.807, 2.05) is 0 Å². The van der Waals surface area contributed by atoms with Crippen molar-refractivity contribution in [3.8, 4) is 0 Å². The Bertz CT molecular complexity index is 436. The molecule has 0 unspecified atom stereocenters. The number of halogens is 1. The molecule has 2 rings (SSSR count). The average molecular weight is 244 g/mol. The molecular formula is C10H10ClNO4. The van der Waals surface area contributed by atoms with Crippen LogP contribution in [0.5, 0.6) is 0 Å². The second kappa shape index (κ2) is 3.83. The largest absolute Gasteiger partial charge is 0.480 e. The second-order valence-corrected chi connectivity index (χ2v) is 4.15. The van der Waals surface area contributed by atoms with Crippen LogP contribution in [0.25, 0.3) is 0 Å². The van der Waals surface area contributed by atoms with Gasteiger partial charge in [-0.05, 0) is 36.9 Å². The van der Waals surface area contributed by atoms with E-state index < -0.39 is 17.4 Å². The quantitative estimate of drug-likeness (QED) is 0.846. The first-order valence-electron chi connectivity index (χ1n) is 4.84. The lowest BCUT2D eigenvalue weighted by molar-refractivity contribution is -0.148. The van der Waals surface area contributed by atoms with Crippen LogP contribution < -0.4 is 5.32 Å².